The number of hydrogen-bond donors (Lipinski definition) is 1. The molecule has 0 aromatic carbocycles. The fourth-order valence-electron chi connectivity index (χ4n) is 0.814. The molecule has 14 heavy (non-hydrogen) atoms. The Balaban J connectivity index is 3.67. The highest BCUT2D eigenvalue weighted by Crippen LogP contribution is 1.93. The summed E-state index contributed by atoms with van der Waals surface area (Å²) in [6.07, 6.45) is -0.337. The Kier molecular flexibility index (Phi) is 5.87. The molecular formula is C9H17NO4. The van der Waals surface area contributed by atoms with Gasteiger partial charge in [0.1, 0.15) is 6.42 Å². The van der Waals surface area contributed by atoms with E-state index in [0.29, 0.717) is 13.2 Å². The first-order chi connectivity index (χ1) is 6.43. The van der Waals surface area contributed by atoms with E-state index in [0.717, 1.165) is 0 Å². The van der Waals surface area contributed by atoms with E-state index in [4.69, 9.17) is 9.84 Å². The number of ether oxygens (including phenoxy) is 1. The topological polar surface area (TPSA) is 66.8 Å². The van der Waals surface area contributed by atoms with Crippen molar-refractivity contribution in [2.24, 2.45) is 0 Å². The van der Waals surface area contributed by atoms with Gasteiger partial charge in [-0.15, -0.1) is 0 Å². The molecule has 0 aliphatic heterocycles. The number of likely N-dealkylation sites (N-methyl/N-ethyl adjacent to an activating group) is 1. The molecular weight excluding hydrogens is 186 g/mol. The normalized spacial score (nSPS) is 10.3. The lowest BCUT2D eigenvalue weighted by molar-refractivity contribution is -0.144. The molecule has 0 fully saturated rings. The number of hydrogen-bond acceptors (Lipinski definition) is 3. The fraction of sp³-hybridized carbons (Fsp3) is 0.778. The van der Waals surface area contributed by atoms with E-state index in [9.17, 15) is 9.59 Å². The molecule has 1 amide bonds. The van der Waals surface area contributed by atoms with Crippen LogP contribution in [0.2, 0.25) is 0 Å². The maximum atomic E-state index is 11.1. The van der Waals surface area contributed by atoms with Gasteiger partial charge in [-0.3, -0.25) is 9.59 Å². The van der Waals surface area contributed by atoms with Crippen LogP contribution in [0.1, 0.15) is 20.3 Å². The van der Waals surface area contributed by atoms with Gasteiger partial charge in [-0.2, -0.15) is 0 Å². The second-order valence-corrected chi connectivity index (χ2v) is 3.31. The molecule has 0 heterocycles. The first-order valence-corrected chi connectivity index (χ1v) is 4.51. The average molecular weight is 203 g/mol. The average Bonchev–Trinajstić information content (AvgIpc) is 2.01. The highest BCUT2D eigenvalue weighted by Gasteiger charge is 2.12. The van der Waals surface area contributed by atoms with Gasteiger partial charge in [0.25, 0.3) is 0 Å². The molecule has 0 atom stereocenters. The predicted molar refractivity (Wildman–Crippen MR) is 51.0 cm³/mol. The van der Waals surface area contributed by atoms with E-state index < -0.39 is 18.3 Å². The van der Waals surface area contributed by atoms with E-state index in [2.05, 4.69) is 0 Å². The summed E-state index contributed by atoms with van der Waals surface area (Å²) in [6.45, 7) is 4.65. The fourth-order valence-corrected chi connectivity index (χ4v) is 0.814. The highest BCUT2D eigenvalue weighted by atomic mass is 16.5. The lowest BCUT2D eigenvalue weighted by Crippen LogP contribution is -2.32. The summed E-state index contributed by atoms with van der Waals surface area (Å²) >= 11 is 0. The van der Waals surface area contributed by atoms with Crippen LogP contribution in [0.25, 0.3) is 0 Å². The Morgan fingerprint density at radius 2 is 2.00 bits per heavy atom. The number of amides is 1. The lowest BCUT2D eigenvalue weighted by atomic mass is 10.4. The van der Waals surface area contributed by atoms with Crippen LogP contribution >= 0.6 is 0 Å². The SMILES string of the molecule is CC(C)OCCN(C)C(=O)CC(=O)O. The number of carboxylic acids is 1. The van der Waals surface area contributed by atoms with Crippen LogP contribution < -0.4 is 0 Å². The molecule has 0 aromatic heterocycles. The third-order valence-electron chi connectivity index (χ3n) is 1.61. The Morgan fingerprint density at radius 3 is 2.43 bits per heavy atom. The zero-order valence-electron chi connectivity index (χ0n) is 8.82. The maximum Gasteiger partial charge on any atom is 0.312 e. The zero-order chi connectivity index (χ0) is 11.1. The molecule has 0 saturated heterocycles. The predicted octanol–water partition coefficient (Wildman–Crippen LogP) is 0.344. The van der Waals surface area contributed by atoms with Gasteiger partial charge in [0.15, 0.2) is 0 Å². The number of carboxylic acid groups (broad SMARTS) is 1. The number of aliphatic carboxylic acids is 1. The standard InChI is InChI=1S/C9H17NO4/c1-7(2)14-5-4-10(3)8(11)6-9(12)13/h7H,4-6H2,1-3H3,(H,12,13). The smallest absolute Gasteiger partial charge is 0.312 e. The molecule has 0 aliphatic carbocycles. The van der Waals surface area contributed by atoms with Crippen molar-refractivity contribution in [3.05, 3.63) is 0 Å². The molecule has 0 saturated carbocycles. The number of rotatable bonds is 6. The van der Waals surface area contributed by atoms with Crippen molar-refractivity contribution < 1.29 is 19.4 Å². The Labute approximate surface area is 83.6 Å². The minimum atomic E-state index is -1.10. The van der Waals surface area contributed by atoms with Crippen molar-refractivity contribution in [2.75, 3.05) is 20.2 Å². The molecule has 0 bridgehead atoms. The lowest BCUT2D eigenvalue weighted by Gasteiger charge is -2.17. The summed E-state index contributed by atoms with van der Waals surface area (Å²) in [5, 5.41) is 8.37. The van der Waals surface area contributed by atoms with Gasteiger partial charge >= 0.3 is 5.97 Å². The van der Waals surface area contributed by atoms with Crippen molar-refractivity contribution in [1.82, 2.24) is 4.90 Å². The molecule has 82 valence electrons. The number of carbonyl (C=O) groups is 2. The monoisotopic (exact) mass is 203 g/mol. The van der Waals surface area contributed by atoms with Gasteiger partial charge in [0, 0.05) is 13.6 Å². The first-order valence-electron chi connectivity index (χ1n) is 4.51. The number of carbonyl (C=O) groups excluding carboxylic acids is 1. The van der Waals surface area contributed by atoms with Crippen LogP contribution in [-0.2, 0) is 14.3 Å². The van der Waals surface area contributed by atoms with E-state index in [1.54, 1.807) is 7.05 Å². The summed E-state index contributed by atoms with van der Waals surface area (Å²) in [7, 11) is 1.56. The van der Waals surface area contributed by atoms with Crippen LogP contribution in [0.5, 0.6) is 0 Å². The molecule has 1 N–H and O–H groups in total. The summed E-state index contributed by atoms with van der Waals surface area (Å²) in [4.78, 5) is 22.7. The van der Waals surface area contributed by atoms with Gasteiger partial charge in [-0.05, 0) is 13.8 Å². The molecule has 0 aliphatic rings. The molecule has 5 heteroatoms. The molecule has 0 spiro atoms. The first kappa shape index (κ1) is 12.9. The number of nitrogens with zero attached hydrogens (tertiary/aromatic N) is 1. The second kappa shape index (κ2) is 6.37. The maximum absolute atomic E-state index is 11.1. The van der Waals surface area contributed by atoms with Gasteiger partial charge in [-0.25, -0.2) is 0 Å². The Bertz CT molecular complexity index is 203. The minimum absolute atomic E-state index is 0.123. The van der Waals surface area contributed by atoms with E-state index >= 15 is 0 Å². The zero-order valence-corrected chi connectivity index (χ0v) is 8.82. The van der Waals surface area contributed by atoms with Crippen LogP contribution in [0.3, 0.4) is 0 Å². The second-order valence-electron chi connectivity index (χ2n) is 3.31. The van der Waals surface area contributed by atoms with Crippen molar-refractivity contribution >= 4 is 11.9 Å². The molecule has 0 unspecified atom stereocenters. The van der Waals surface area contributed by atoms with Crippen LogP contribution in [0.4, 0.5) is 0 Å². The molecule has 5 nitrogen and oxygen atoms in total. The van der Waals surface area contributed by atoms with Crippen molar-refractivity contribution in [1.29, 1.82) is 0 Å². The summed E-state index contributed by atoms with van der Waals surface area (Å²) in [5.41, 5.74) is 0. The van der Waals surface area contributed by atoms with Crippen molar-refractivity contribution in [3.63, 3.8) is 0 Å². The third kappa shape index (κ3) is 6.42. The summed E-state index contributed by atoms with van der Waals surface area (Å²) in [5.74, 6) is -1.50. The molecule has 0 rings (SSSR count). The third-order valence-corrected chi connectivity index (χ3v) is 1.61. The highest BCUT2D eigenvalue weighted by molar-refractivity contribution is 5.93. The van der Waals surface area contributed by atoms with Crippen molar-refractivity contribution in [3.8, 4) is 0 Å². The van der Waals surface area contributed by atoms with Crippen molar-refractivity contribution in [2.45, 2.75) is 26.4 Å². The largest absolute Gasteiger partial charge is 0.481 e. The Hall–Kier alpha value is -1.10. The van der Waals surface area contributed by atoms with E-state index in [-0.39, 0.29) is 6.10 Å². The molecule has 0 radical (unpaired) electrons. The van der Waals surface area contributed by atoms with Crippen LogP contribution in [0.15, 0.2) is 0 Å². The van der Waals surface area contributed by atoms with Gasteiger partial charge in [0.2, 0.25) is 5.91 Å². The van der Waals surface area contributed by atoms with E-state index in [1.165, 1.54) is 4.90 Å². The summed E-state index contributed by atoms with van der Waals surface area (Å²) < 4.78 is 5.23. The van der Waals surface area contributed by atoms with E-state index in [1.807, 2.05) is 13.8 Å². The minimum Gasteiger partial charge on any atom is -0.481 e. The van der Waals surface area contributed by atoms with Gasteiger partial charge in [0.05, 0.1) is 12.7 Å². The molecule has 0 aromatic rings. The quantitative estimate of drug-likeness (QED) is 0.632. The van der Waals surface area contributed by atoms with Crippen LogP contribution in [-0.4, -0.2) is 48.2 Å². The van der Waals surface area contributed by atoms with Crippen LogP contribution in [0, 0.1) is 0 Å². The van der Waals surface area contributed by atoms with Gasteiger partial charge in [-0.1, -0.05) is 0 Å². The summed E-state index contributed by atoms with van der Waals surface area (Å²) in [6, 6.07) is 0. The Morgan fingerprint density at radius 1 is 1.43 bits per heavy atom. The van der Waals surface area contributed by atoms with Gasteiger partial charge < -0.3 is 14.7 Å².